The summed E-state index contributed by atoms with van der Waals surface area (Å²) in [5, 5.41) is 3.91. The van der Waals surface area contributed by atoms with Crippen LogP contribution in [0.25, 0.3) is 10.9 Å². The average molecular weight is 342 g/mol. The molecule has 1 fully saturated rings. The van der Waals surface area contributed by atoms with E-state index in [1.54, 1.807) is 11.1 Å². The maximum atomic E-state index is 12.6. The number of nitrogens with zero attached hydrogens (tertiary/aromatic N) is 2. The summed E-state index contributed by atoms with van der Waals surface area (Å²) in [6, 6.07) is 7.76. The molecule has 1 saturated heterocycles. The Balaban J connectivity index is 1.49. The number of fused-ring (bicyclic) bond motifs is 1. The Morgan fingerprint density at radius 1 is 1.24 bits per heavy atom. The highest BCUT2D eigenvalue weighted by Crippen LogP contribution is 2.23. The van der Waals surface area contributed by atoms with Crippen LogP contribution in [0.15, 0.2) is 30.5 Å². The normalized spacial score (nSPS) is 14.8. The van der Waals surface area contributed by atoms with E-state index in [-0.39, 0.29) is 17.7 Å². The molecule has 134 valence electrons. The Bertz CT molecular complexity index is 745. The number of rotatable bonds is 7. The second-order valence-corrected chi connectivity index (χ2v) is 6.47. The van der Waals surface area contributed by atoms with E-state index in [0.717, 1.165) is 30.5 Å². The molecule has 1 aromatic carbocycles. The minimum Gasteiger partial charge on any atom is -0.360 e. The topological polar surface area (TPSA) is 68.4 Å². The molecular weight excluding hydrogens is 316 g/mol. The quantitative estimate of drug-likeness (QED) is 0.805. The van der Waals surface area contributed by atoms with Crippen LogP contribution < -0.4 is 5.32 Å². The summed E-state index contributed by atoms with van der Waals surface area (Å²) in [6.45, 7) is 8.73. The predicted molar refractivity (Wildman–Crippen MR) is 98.5 cm³/mol. The number of H-pyrrole nitrogens is 1. The summed E-state index contributed by atoms with van der Waals surface area (Å²) < 4.78 is 0. The third kappa shape index (κ3) is 3.69. The molecule has 0 atom stereocenters. The van der Waals surface area contributed by atoms with Crippen molar-refractivity contribution in [2.24, 2.45) is 5.92 Å². The van der Waals surface area contributed by atoms with Crippen molar-refractivity contribution in [3.63, 3.8) is 0 Å². The number of carbonyl (C=O) groups is 2. The summed E-state index contributed by atoms with van der Waals surface area (Å²) in [6.07, 6.45) is 1.75. The van der Waals surface area contributed by atoms with Gasteiger partial charge in [-0.05, 0) is 19.2 Å². The molecule has 6 nitrogen and oxygen atoms in total. The lowest BCUT2D eigenvalue weighted by molar-refractivity contribution is -0.129. The first-order valence-electron chi connectivity index (χ1n) is 8.99. The molecule has 1 aliphatic rings. The number of aromatic amines is 1. The maximum absolute atomic E-state index is 12.6. The zero-order chi connectivity index (χ0) is 17.8. The molecule has 0 aliphatic carbocycles. The first kappa shape index (κ1) is 17.5. The van der Waals surface area contributed by atoms with Gasteiger partial charge in [0.25, 0.3) is 5.91 Å². The highest BCUT2D eigenvalue weighted by atomic mass is 16.2. The highest BCUT2D eigenvalue weighted by molar-refractivity contribution is 6.07. The molecule has 0 unspecified atom stereocenters. The zero-order valence-electron chi connectivity index (χ0n) is 14.9. The molecule has 0 bridgehead atoms. The molecule has 0 radical (unpaired) electrons. The minimum atomic E-state index is -0.0918. The van der Waals surface area contributed by atoms with Gasteiger partial charge in [0.2, 0.25) is 5.91 Å². The van der Waals surface area contributed by atoms with Gasteiger partial charge in [-0.3, -0.25) is 9.59 Å². The van der Waals surface area contributed by atoms with Gasteiger partial charge in [0.15, 0.2) is 0 Å². The van der Waals surface area contributed by atoms with Crippen LogP contribution in [0.4, 0.5) is 0 Å². The summed E-state index contributed by atoms with van der Waals surface area (Å²) >= 11 is 0. The first-order chi connectivity index (χ1) is 12.1. The fraction of sp³-hybridized carbons (Fsp3) is 0.474. The lowest BCUT2D eigenvalue weighted by Gasteiger charge is -2.38. The van der Waals surface area contributed by atoms with Crippen LogP contribution in [0.1, 0.15) is 24.2 Å². The Hall–Kier alpha value is -2.34. The van der Waals surface area contributed by atoms with Crippen molar-refractivity contribution >= 4 is 22.7 Å². The van der Waals surface area contributed by atoms with Crippen molar-refractivity contribution in [1.82, 2.24) is 20.1 Å². The number of likely N-dealkylation sites (tertiary alicyclic amines) is 1. The highest BCUT2D eigenvalue weighted by Gasteiger charge is 2.36. The number of benzene rings is 1. The Labute approximate surface area is 148 Å². The van der Waals surface area contributed by atoms with Crippen molar-refractivity contribution in [3.8, 4) is 0 Å². The molecule has 1 aromatic heterocycles. The van der Waals surface area contributed by atoms with E-state index in [4.69, 9.17) is 0 Å². The Morgan fingerprint density at radius 2 is 1.96 bits per heavy atom. The molecule has 2 amide bonds. The predicted octanol–water partition coefficient (Wildman–Crippen LogP) is 1.70. The molecule has 0 spiro atoms. The van der Waals surface area contributed by atoms with Crippen LogP contribution in [-0.2, 0) is 4.79 Å². The lowest BCUT2D eigenvalue weighted by Crippen LogP contribution is -2.56. The number of nitrogens with one attached hydrogen (secondary N) is 2. The minimum absolute atomic E-state index is 0.00959. The third-order valence-electron chi connectivity index (χ3n) is 4.98. The van der Waals surface area contributed by atoms with Gasteiger partial charge in [0.1, 0.15) is 0 Å². The van der Waals surface area contributed by atoms with Crippen molar-refractivity contribution in [2.45, 2.75) is 13.8 Å². The maximum Gasteiger partial charge on any atom is 0.256 e. The van der Waals surface area contributed by atoms with Crippen LogP contribution >= 0.6 is 0 Å². The number of likely N-dealkylation sites (N-methyl/N-ethyl adjacent to an activating group) is 1. The van der Waals surface area contributed by atoms with Crippen LogP contribution in [0, 0.1) is 5.92 Å². The van der Waals surface area contributed by atoms with Crippen molar-refractivity contribution in [2.75, 3.05) is 39.3 Å². The monoisotopic (exact) mass is 342 g/mol. The van der Waals surface area contributed by atoms with Crippen molar-refractivity contribution in [3.05, 3.63) is 36.0 Å². The zero-order valence-corrected chi connectivity index (χ0v) is 14.9. The van der Waals surface area contributed by atoms with E-state index < -0.39 is 0 Å². The summed E-state index contributed by atoms with van der Waals surface area (Å²) in [4.78, 5) is 31.9. The van der Waals surface area contributed by atoms with Gasteiger partial charge in [-0.2, -0.15) is 0 Å². The molecule has 2 aromatic rings. The van der Waals surface area contributed by atoms with Gasteiger partial charge >= 0.3 is 0 Å². The van der Waals surface area contributed by atoms with Gasteiger partial charge in [-0.15, -0.1) is 0 Å². The molecular formula is C19H26N4O2. The van der Waals surface area contributed by atoms with Crippen LogP contribution in [-0.4, -0.2) is 65.9 Å². The van der Waals surface area contributed by atoms with E-state index in [2.05, 4.69) is 29.0 Å². The fourth-order valence-corrected chi connectivity index (χ4v) is 3.25. The molecule has 6 heteroatoms. The molecule has 3 rings (SSSR count). The second-order valence-electron chi connectivity index (χ2n) is 6.47. The summed E-state index contributed by atoms with van der Waals surface area (Å²) in [7, 11) is 0. The molecule has 2 N–H and O–H groups in total. The van der Waals surface area contributed by atoms with Crippen LogP contribution in [0.2, 0.25) is 0 Å². The van der Waals surface area contributed by atoms with E-state index in [0.29, 0.717) is 25.2 Å². The number of hydrogen-bond acceptors (Lipinski definition) is 3. The molecule has 25 heavy (non-hydrogen) atoms. The smallest absolute Gasteiger partial charge is 0.256 e. The van der Waals surface area contributed by atoms with Crippen molar-refractivity contribution in [1.29, 1.82) is 0 Å². The number of carbonyl (C=O) groups excluding carboxylic acids is 2. The van der Waals surface area contributed by atoms with Crippen LogP contribution in [0.5, 0.6) is 0 Å². The summed E-state index contributed by atoms with van der Waals surface area (Å²) in [5.74, 6) is -0.0503. The number of para-hydroxylation sites is 1. The van der Waals surface area contributed by atoms with Gasteiger partial charge in [-0.1, -0.05) is 32.0 Å². The second kappa shape index (κ2) is 7.70. The molecule has 1 aliphatic heterocycles. The molecule has 2 heterocycles. The Morgan fingerprint density at radius 3 is 2.68 bits per heavy atom. The van der Waals surface area contributed by atoms with Gasteiger partial charge < -0.3 is 20.1 Å². The van der Waals surface area contributed by atoms with Gasteiger partial charge in [0.05, 0.1) is 11.5 Å². The standard InChI is InChI=1S/C19H26N4O2/c1-3-22(4-2)10-9-20-18(24)14-12-23(13-14)19(25)16-11-21-17-8-6-5-7-15(16)17/h5-8,11,14,21H,3-4,9-10,12-13H2,1-2H3,(H,20,24). The number of aromatic nitrogens is 1. The number of amides is 2. The summed E-state index contributed by atoms with van der Waals surface area (Å²) in [5.41, 5.74) is 1.63. The third-order valence-corrected chi connectivity index (χ3v) is 4.98. The SMILES string of the molecule is CCN(CC)CCNC(=O)C1CN(C(=O)c2c[nH]c3ccccc23)C1. The van der Waals surface area contributed by atoms with E-state index in [1.807, 2.05) is 24.3 Å². The average Bonchev–Trinajstić information content (AvgIpc) is 3.01. The van der Waals surface area contributed by atoms with E-state index in [9.17, 15) is 9.59 Å². The van der Waals surface area contributed by atoms with Crippen molar-refractivity contribution < 1.29 is 9.59 Å². The van der Waals surface area contributed by atoms with Gasteiger partial charge in [-0.25, -0.2) is 0 Å². The largest absolute Gasteiger partial charge is 0.360 e. The lowest BCUT2D eigenvalue weighted by atomic mass is 9.97. The van der Waals surface area contributed by atoms with Gasteiger partial charge in [0, 0.05) is 43.3 Å². The van der Waals surface area contributed by atoms with Crippen LogP contribution in [0.3, 0.4) is 0 Å². The first-order valence-corrected chi connectivity index (χ1v) is 8.99. The number of hydrogen-bond donors (Lipinski definition) is 2. The Kier molecular flexibility index (Phi) is 5.38. The molecule has 0 saturated carbocycles. The van der Waals surface area contributed by atoms with E-state index in [1.165, 1.54) is 0 Å². The fourth-order valence-electron chi connectivity index (χ4n) is 3.25. The van der Waals surface area contributed by atoms with E-state index >= 15 is 0 Å².